The van der Waals surface area contributed by atoms with Crippen LogP contribution in [0.3, 0.4) is 0 Å². The van der Waals surface area contributed by atoms with Crippen LogP contribution in [0, 0.1) is 0 Å². The van der Waals surface area contributed by atoms with Gasteiger partial charge in [-0.2, -0.15) is 0 Å². The average Bonchev–Trinajstić information content (AvgIpc) is 3.75. The molecule has 2 aromatic heterocycles. The van der Waals surface area contributed by atoms with Crippen LogP contribution in [0.2, 0.25) is 0 Å². The van der Waals surface area contributed by atoms with Gasteiger partial charge in [0.05, 0.1) is 16.6 Å². The van der Waals surface area contributed by atoms with Crippen molar-refractivity contribution in [1.82, 2.24) is 9.97 Å². The van der Waals surface area contributed by atoms with Gasteiger partial charge in [0.2, 0.25) is 0 Å². The first-order chi connectivity index (χ1) is 25.8. The van der Waals surface area contributed by atoms with Crippen molar-refractivity contribution < 1.29 is 4.42 Å². The van der Waals surface area contributed by atoms with Crippen LogP contribution < -0.4 is 0 Å². The number of hydrogen-bond donors (Lipinski definition) is 0. The van der Waals surface area contributed by atoms with Gasteiger partial charge in [0.25, 0.3) is 0 Å². The number of hydrogen-bond acceptors (Lipinski definition) is 3. The van der Waals surface area contributed by atoms with E-state index in [4.69, 9.17) is 14.4 Å². The highest BCUT2D eigenvalue weighted by Gasteiger charge is 2.46. The second kappa shape index (κ2) is 11.1. The molecule has 0 N–H and O–H groups in total. The van der Waals surface area contributed by atoms with Crippen molar-refractivity contribution in [2.75, 3.05) is 0 Å². The lowest BCUT2D eigenvalue weighted by atomic mass is 9.67. The monoisotopic (exact) mass is 662 g/mol. The van der Waals surface area contributed by atoms with Crippen molar-refractivity contribution in [2.24, 2.45) is 0 Å². The molecule has 0 unspecified atom stereocenters. The Bertz CT molecular complexity index is 2980. The highest BCUT2D eigenvalue weighted by Crippen LogP contribution is 2.56. The molecule has 0 spiro atoms. The Hall–Kier alpha value is -6.84. The van der Waals surface area contributed by atoms with Crippen molar-refractivity contribution in [2.45, 2.75) is 5.41 Å². The Kier molecular flexibility index (Phi) is 6.17. The molecule has 2 heterocycles. The minimum atomic E-state index is -0.507. The van der Waals surface area contributed by atoms with Crippen LogP contribution in [-0.2, 0) is 5.41 Å². The summed E-state index contributed by atoms with van der Waals surface area (Å²) in [6.45, 7) is 0. The van der Waals surface area contributed by atoms with E-state index in [0.29, 0.717) is 5.82 Å². The summed E-state index contributed by atoms with van der Waals surface area (Å²) in [5.74, 6) is 0.691. The molecule has 8 aromatic carbocycles. The van der Waals surface area contributed by atoms with Gasteiger partial charge < -0.3 is 4.42 Å². The summed E-state index contributed by atoms with van der Waals surface area (Å²) in [4.78, 5) is 10.7. The summed E-state index contributed by atoms with van der Waals surface area (Å²) in [6, 6.07) is 64.9. The standard InChI is InChI=1S/C49H30N2O/c1-3-15-33(16-4-1)49(34-17-5-2-6-18-34)41-23-10-7-19-35(41)36-28-27-32(30-42(36)49)48-50-43-24-11-8-21-39(43)46(51-48)40-22-13-14-31-26-29-38-37-20-9-12-25-44(37)52-47(38)45(31)40/h1-30H. The molecule has 0 saturated carbocycles. The third-order valence-electron chi connectivity index (χ3n) is 11.0. The molecule has 1 aliphatic carbocycles. The third kappa shape index (κ3) is 4.02. The molecule has 10 aromatic rings. The third-order valence-corrected chi connectivity index (χ3v) is 11.0. The minimum Gasteiger partial charge on any atom is -0.455 e. The highest BCUT2D eigenvalue weighted by atomic mass is 16.3. The SMILES string of the molecule is c1ccc(C2(c3ccccc3)c3ccccc3-c3ccc(-c4nc(-c5cccc6ccc7c8ccccc8oc7c56)c5ccccc5n4)cc32)cc1. The summed E-state index contributed by atoms with van der Waals surface area (Å²) in [6.07, 6.45) is 0. The second-order valence-corrected chi connectivity index (χ2v) is 13.6. The van der Waals surface area contributed by atoms with Gasteiger partial charge in [-0.3, -0.25) is 0 Å². The fourth-order valence-corrected chi connectivity index (χ4v) is 8.74. The topological polar surface area (TPSA) is 38.9 Å². The van der Waals surface area contributed by atoms with Crippen molar-refractivity contribution in [3.8, 4) is 33.8 Å². The number of fused-ring (bicyclic) bond motifs is 9. The van der Waals surface area contributed by atoms with E-state index >= 15 is 0 Å². The lowest BCUT2D eigenvalue weighted by molar-refractivity contribution is 0.673. The van der Waals surface area contributed by atoms with E-state index in [9.17, 15) is 0 Å². The Morgan fingerprint density at radius 2 is 1.12 bits per heavy atom. The number of para-hydroxylation sites is 2. The van der Waals surface area contributed by atoms with Crippen LogP contribution >= 0.6 is 0 Å². The summed E-state index contributed by atoms with van der Waals surface area (Å²) < 4.78 is 6.60. The molecule has 0 bridgehead atoms. The smallest absolute Gasteiger partial charge is 0.160 e. The number of benzene rings is 8. The molecule has 1 aliphatic rings. The van der Waals surface area contributed by atoms with E-state index in [0.717, 1.165) is 60.4 Å². The van der Waals surface area contributed by atoms with Gasteiger partial charge in [-0.15, -0.1) is 0 Å². The first kappa shape index (κ1) is 28.9. The highest BCUT2D eigenvalue weighted by molar-refractivity contribution is 6.20. The van der Waals surface area contributed by atoms with Gasteiger partial charge in [-0.05, 0) is 63.0 Å². The van der Waals surface area contributed by atoms with Gasteiger partial charge in [0.15, 0.2) is 5.82 Å². The van der Waals surface area contributed by atoms with Crippen LogP contribution in [0.25, 0.3) is 77.4 Å². The first-order valence-electron chi connectivity index (χ1n) is 17.7. The van der Waals surface area contributed by atoms with Crippen molar-refractivity contribution >= 4 is 43.6 Å². The van der Waals surface area contributed by atoms with Gasteiger partial charge in [0, 0.05) is 32.7 Å². The van der Waals surface area contributed by atoms with Gasteiger partial charge in [-0.25, -0.2) is 9.97 Å². The van der Waals surface area contributed by atoms with E-state index in [-0.39, 0.29) is 0 Å². The predicted molar refractivity (Wildman–Crippen MR) is 212 cm³/mol. The molecule has 0 radical (unpaired) electrons. The zero-order valence-corrected chi connectivity index (χ0v) is 28.1. The molecule has 0 amide bonds. The second-order valence-electron chi connectivity index (χ2n) is 13.6. The van der Waals surface area contributed by atoms with Gasteiger partial charge >= 0.3 is 0 Å². The zero-order chi connectivity index (χ0) is 34.2. The molecule has 11 rings (SSSR count). The fourth-order valence-electron chi connectivity index (χ4n) is 8.74. The normalized spacial score (nSPS) is 13.2. The molecular weight excluding hydrogens is 633 g/mol. The molecule has 52 heavy (non-hydrogen) atoms. The van der Waals surface area contributed by atoms with E-state index in [1.165, 1.54) is 33.4 Å². The van der Waals surface area contributed by atoms with Crippen LogP contribution in [0.4, 0.5) is 0 Å². The van der Waals surface area contributed by atoms with Crippen LogP contribution in [0.1, 0.15) is 22.3 Å². The van der Waals surface area contributed by atoms with Crippen LogP contribution in [0.15, 0.2) is 186 Å². The Balaban J connectivity index is 1.19. The fraction of sp³-hybridized carbons (Fsp3) is 0.0204. The van der Waals surface area contributed by atoms with Crippen LogP contribution in [0.5, 0.6) is 0 Å². The van der Waals surface area contributed by atoms with Crippen LogP contribution in [-0.4, -0.2) is 9.97 Å². The maximum absolute atomic E-state index is 6.60. The molecular formula is C49H30N2O. The Labute approximate surface area is 300 Å². The molecule has 0 aliphatic heterocycles. The lowest BCUT2D eigenvalue weighted by Gasteiger charge is -2.34. The first-order valence-corrected chi connectivity index (χ1v) is 17.7. The summed E-state index contributed by atoms with van der Waals surface area (Å²) in [5.41, 5.74) is 12.5. The molecule has 0 saturated heterocycles. The number of rotatable bonds is 4. The molecule has 3 heteroatoms. The quantitative estimate of drug-likeness (QED) is 0.188. The lowest BCUT2D eigenvalue weighted by Crippen LogP contribution is -2.28. The van der Waals surface area contributed by atoms with E-state index in [1.54, 1.807) is 0 Å². The summed E-state index contributed by atoms with van der Waals surface area (Å²) in [5, 5.41) is 5.39. The average molecular weight is 663 g/mol. The molecule has 242 valence electrons. The van der Waals surface area contributed by atoms with Crippen molar-refractivity contribution in [1.29, 1.82) is 0 Å². The van der Waals surface area contributed by atoms with Gasteiger partial charge in [0.1, 0.15) is 11.2 Å². The van der Waals surface area contributed by atoms with Gasteiger partial charge in [-0.1, -0.05) is 158 Å². The van der Waals surface area contributed by atoms with Crippen molar-refractivity contribution in [3.63, 3.8) is 0 Å². The Morgan fingerprint density at radius 1 is 0.442 bits per heavy atom. The van der Waals surface area contributed by atoms with E-state index < -0.39 is 5.41 Å². The summed E-state index contributed by atoms with van der Waals surface area (Å²) in [7, 11) is 0. The van der Waals surface area contributed by atoms with E-state index in [1.807, 2.05) is 12.1 Å². The number of aromatic nitrogens is 2. The zero-order valence-electron chi connectivity index (χ0n) is 28.1. The largest absolute Gasteiger partial charge is 0.455 e. The maximum Gasteiger partial charge on any atom is 0.160 e. The van der Waals surface area contributed by atoms with Crippen molar-refractivity contribution in [3.05, 3.63) is 204 Å². The maximum atomic E-state index is 6.60. The molecule has 3 nitrogen and oxygen atoms in total. The summed E-state index contributed by atoms with van der Waals surface area (Å²) >= 11 is 0. The molecule has 0 atom stereocenters. The van der Waals surface area contributed by atoms with E-state index in [2.05, 4.69) is 170 Å². The number of furan rings is 1. The Morgan fingerprint density at radius 3 is 1.94 bits per heavy atom. The predicted octanol–water partition coefficient (Wildman–Crippen LogP) is 12.4. The molecule has 0 fully saturated rings. The number of nitrogens with zero attached hydrogens (tertiary/aromatic N) is 2. The minimum absolute atomic E-state index is 0.507.